The summed E-state index contributed by atoms with van der Waals surface area (Å²) in [5.74, 6) is 0.136. The van der Waals surface area contributed by atoms with E-state index in [0.29, 0.717) is 0 Å². The van der Waals surface area contributed by atoms with Crippen molar-refractivity contribution in [1.82, 2.24) is 19.4 Å². The van der Waals surface area contributed by atoms with Gasteiger partial charge in [-0.15, -0.1) is 0 Å². The van der Waals surface area contributed by atoms with Gasteiger partial charge in [0.25, 0.3) is 5.91 Å². The van der Waals surface area contributed by atoms with Gasteiger partial charge in [-0.3, -0.25) is 9.69 Å². The van der Waals surface area contributed by atoms with Crippen LogP contribution >= 0.6 is 22.6 Å². The molecule has 1 aliphatic rings. The van der Waals surface area contributed by atoms with Gasteiger partial charge in [-0.2, -0.15) is 5.10 Å². The van der Waals surface area contributed by atoms with E-state index in [-0.39, 0.29) is 5.91 Å². The van der Waals surface area contributed by atoms with Gasteiger partial charge in [-0.25, -0.2) is 4.52 Å². The molecule has 0 atom stereocenters. The lowest BCUT2D eigenvalue weighted by atomic mass is 10.2. The smallest absolute Gasteiger partial charge is 0.255 e. The molecule has 128 valence electrons. The summed E-state index contributed by atoms with van der Waals surface area (Å²) in [7, 11) is 0. The van der Waals surface area contributed by atoms with E-state index in [2.05, 4.69) is 44.7 Å². The molecule has 2 aromatic heterocycles. The Balaban J connectivity index is 1.38. The van der Waals surface area contributed by atoms with Crippen molar-refractivity contribution in [2.24, 2.45) is 0 Å². The Kier molecular flexibility index (Phi) is 4.72. The van der Waals surface area contributed by atoms with Crippen LogP contribution in [0.3, 0.4) is 0 Å². The molecule has 1 fully saturated rings. The van der Waals surface area contributed by atoms with Crippen LogP contribution in [0.15, 0.2) is 54.7 Å². The molecule has 1 aromatic carbocycles. The lowest BCUT2D eigenvalue weighted by molar-refractivity contribution is 0.0626. The summed E-state index contributed by atoms with van der Waals surface area (Å²) in [6, 6.07) is 16.0. The molecule has 0 bridgehead atoms. The third-order valence-corrected chi connectivity index (χ3v) is 5.51. The highest BCUT2D eigenvalue weighted by Crippen LogP contribution is 2.16. The fourth-order valence-electron chi connectivity index (χ4n) is 3.21. The SMILES string of the molecule is O=C(c1ccccc1I)N1CCN(Cc2cc3ccccn3n2)CC1. The summed E-state index contributed by atoms with van der Waals surface area (Å²) < 4.78 is 2.92. The maximum Gasteiger partial charge on any atom is 0.255 e. The lowest BCUT2D eigenvalue weighted by Crippen LogP contribution is -2.48. The van der Waals surface area contributed by atoms with Gasteiger partial charge in [-0.05, 0) is 52.9 Å². The van der Waals surface area contributed by atoms with Crippen molar-refractivity contribution in [2.75, 3.05) is 26.2 Å². The largest absolute Gasteiger partial charge is 0.336 e. The first-order valence-electron chi connectivity index (χ1n) is 8.40. The summed E-state index contributed by atoms with van der Waals surface area (Å²) in [6.45, 7) is 4.10. The number of pyridine rings is 1. The predicted molar refractivity (Wildman–Crippen MR) is 106 cm³/mol. The van der Waals surface area contributed by atoms with Gasteiger partial charge in [-0.1, -0.05) is 18.2 Å². The Morgan fingerprint density at radius 1 is 1.04 bits per heavy atom. The van der Waals surface area contributed by atoms with Crippen molar-refractivity contribution >= 4 is 34.0 Å². The Hall–Kier alpha value is -1.93. The number of rotatable bonds is 3. The Morgan fingerprint density at radius 3 is 2.56 bits per heavy atom. The quantitative estimate of drug-likeness (QED) is 0.582. The summed E-state index contributed by atoms with van der Waals surface area (Å²) in [4.78, 5) is 17.0. The lowest BCUT2D eigenvalue weighted by Gasteiger charge is -2.34. The summed E-state index contributed by atoms with van der Waals surface area (Å²) >= 11 is 2.23. The summed E-state index contributed by atoms with van der Waals surface area (Å²) in [5, 5.41) is 4.61. The van der Waals surface area contributed by atoms with E-state index >= 15 is 0 Å². The molecule has 0 spiro atoms. The number of carbonyl (C=O) groups is 1. The number of fused-ring (bicyclic) bond motifs is 1. The molecule has 3 heterocycles. The Morgan fingerprint density at radius 2 is 1.80 bits per heavy atom. The molecule has 25 heavy (non-hydrogen) atoms. The average molecular weight is 446 g/mol. The van der Waals surface area contributed by atoms with Gasteiger partial charge in [0.05, 0.1) is 16.8 Å². The van der Waals surface area contributed by atoms with Gasteiger partial charge >= 0.3 is 0 Å². The predicted octanol–water partition coefficient (Wildman–Crippen LogP) is 2.90. The number of hydrogen-bond acceptors (Lipinski definition) is 3. The molecule has 1 saturated heterocycles. The van der Waals surface area contributed by atoms with Gasteiger partial charge in [0, 0.05) is 42.5 Å². The van der Waals surface area contributed by atoms with Crippen LogP contribution in [-0.4, -0.2) is 51.5 Å². The van der Waals surface area contributed by atoms with E-state index in [1.807, 2.05) is 52.0 Å². The number of nitrogens with zero attached hydrogens (tertiary/aromatic N) is 4. The van der Waals surface area contributed by atoms with E-state index in [1.54, 1.807) is 0 Å². The maximum absolute atomic E-state index is 12.7. The van der Waals surface area contributed by atoms with Crippen LogP contribution in [0.2, 0.25) is 0 Å². The van der Waals surface area contributed by atoms with E-state index in [1.165, 1.54) is 0 Å². The molecule has 5 nitrogen and oxygen atoms in total. The number of piperazine rings is 1. The zero-order valence-electron chi connectivity index (χ0n) is 13.8. The van der Waals surface area contributed by atoms with Gasteiger partial charge < -0.3 is 4.90 Å². The van der Waals surface area contributed by atoms with Crippen molar-refractivity contribution in [3.05, 3.63) is 69.6 Å². The van der Waals surface area contributed by atoms with Crippen molar-refractivity contribution < 1.29 is 4.79 Å². The minimum Gasteiger partial charge on any atom is -0.336 e. The molecular weight excluding hydrogens is 427 g/mol. The van der Waals surface area contributed by atoms with Crippen molar-refractivity contribution in [1.29, 1.82) is 0 Å². The second-order valence-corrected chi connectivity index (χ2v) is 7.42. The topological polar surface area (TPSA) is 40.9 Å². The van der Waals surface area contributed by atoms with E-state index in [4.69, 9.17) is 0 Å². The summed E-state index contributed by atoms with van der Waals surface area (Å²) in [5.41, 5.74) is 2.99. The molecule has 0 aliphatic carbocycles. The van der Waals surface area contributed by atoms with Crippen LogP contribution in [0, 0.1) is 3.57 Å². The minimum atomic E-state index is 0.136. The second-order valence-electron chi connectivity index (χ2n) is 6.25. The molecule has 3 aromatic rings. The van der Waals surface area contributed by atoms with E-state index in [0.717, 1.165) is 53.1 Å². The third-order valence-electron chi connectivity index (χ3n) is 4.57. The number of amides is 1. The Labute approximate surface area is 160 Å². The number of hydrogen-bond donors (Lipinski definition) is 0. The van der Waals surface area contributed by atoms with Gasteiger partial charge in [0.1, 0.15) is 0 Å². The van der Waals surface area contributed by atoms with Crippen LogP contribution in [0.1, 0.15) is 16.1 Å². The van der Waals surface area contributed by atoms with Crippen LogP contribution in [0.4, 0.5) is 0 Å². The highest BCUT2D eigenvalue weighted by molar-refractivity contribution is 14.1. The zero-order chi connectivity index (χ0) is 17.2. The first-order valence-corrected chi connectivity index (χ1v) is 9.48. The Bertz CT molecular complexity index is 866. The molecule has 0 unspecified atom stereocenters. The second kappa shape index (κ2) is 7.13. The van der Waals surface area contributed by atoms with Crippen LogP contribution in [0.25, 0.3) is 5.52 Å². The zero-order valence-corrected chi connectivity index (χ0v) is 16.0. The number of aromatic nitrogens is 2. The fourth-order valence-corrected chi connectivity index (χ4v) is 3.83. The van der Waals surface area contributed by atoms with E-state index < -0.39 is 0 Å². The number of benzene rings is 1. The normalized spacial score (nSPS) is 15.6. The van der Waals surface area contributed by atoms with Crippen molar-refractivity contribution in [3.63, 3.8) is 0 Å². The van der Waals surface area contributed by atoms with Gasteiger partial charge in [0.15, 0.2) is 0 Å². The number of halogens is 1. The highest BCUT2D eigenvalue weighted by atomic mass is 127. The molecular formula is C19H19IN4O. The summed E-state index contributed by atoms with van der Waals surface area (Å²) in [6.07, 6.45) is 1.97. The third kappa shape index (κ3) is 3.55. The molecule has 0 radical (unpaired) electrons. The van der Waals surface area contributed by atoms with Crippen molar-refractivity contribution in [3.8, 4) is 0 Å². The van der Waals surface area contributed by atoms with E-state index in [9.17, 15) is 4.79 Å². The molecule has 0 N–H and O–H groups in total. The molecule has 0 saturated carbocycles. The van der Waals surface area contributed by atoms with Crippen LogP contribution in [0.5, 0.6) is 0 Å². The van der Waals surface area contributed by atoms with Gasteiger partial charge in [0.2, 0.25) is 0 Å². The molecule has 6 heteroatoms. The molecule has 1 amide bonds. The minimum absolute atomic E-state index is 0.136. The molecule has 4 rings (SSSR count). The van der Waals surface area contributed by atoms with Crippen LogP contribution in [-0.2, 0) is 6.54 Å². The highest BCUT2D eigenvalue weighted by Gasteiger charge is 2.23. The molecule has 1 aliphatic heterocycles. The first kappa shape index (κ1) is 16.5. The van der Waals surface area contributed by atoms with Crippen LogP contribution < -0.4 is 0 Å². The maximum atomic E-state index is 12.7. The first-order chi connectivity index (χ1) is 12.2. The average Bonchev–Trinajstić information content (AvgIpc) is 3.04. The van der Waals surface area contributed by atoms with Crippen molar-refractivity contribution in [2.45, 2.75) is 6.54 Å². The number of carbonyl (C=O) groups excluding carboxylic acids is 1. The fraction of sp³-hybridized carbons (Fsp3) is 0.263. The standard InChI is InChI=1S/C19H19IN4O/c20-18-7-2-1-6-17(18)19(25)23-11-9-22(10-12-23)14-15-13-16-5-3-4-8-24(16)21-15/h1-8,13H,9-12,14H2. The monoisotopic (exact) mass is 446 g/mol.